The van der Waals surface area contributed by atoms with E-state index in [1.54, 1.807) is 18.2 Å². The third-order valence-electron chi connectivity index (χ3n) is 12.9. The molecule has 340 valence electrons. The molecule has 1 saturated carbocycles. The highest BCUT2D eigenvalue weighted by Gasteiger charge is 2.66. The van der Waals surface area contributed by atoms with Crippen LogP contribution in [-0.2, 0) is 29.1 Å². The number of allylic oxidation sites excluding steroid dienone is 1. The van der Waals surface area contributed by atoms with Crippen molar-refractivity contribution in [3.8, 4) is 11.5 Å². The van der Waals surface area contributed by atoms with Crippen LogP contribution in [0.3, 0.4) is 0 Å². The van der Waals surface area contributed by atoms with Crippen molar-refractivity contribution in [2.45, 2.75) is 113 Å². The number of benzene rings is 2. The van der Waals surface area contributed by atoms with E-state index >= 15 is 8.42 Å². The second-order valence-electron chi connectivity index (χ2n) is 17.2. The molecular formula is C47H66N4O10S. The molecule has 0 aromatic heterocycles. The van der Waals surface area contributed by atoms with Crippen molar-refractivity contribution < 1.29 is 47.2 Å². The summed E-state index contributed by atoms with van der Waals surface area (Å²) in [5.74, 6) is -1.21. The molecule has 15 heteroatoms. The van der Waals surface area contributed by atoms with Gasteiger partial charge < -0.3 is 39.3 Å². The number of carbonyl (C=O) groups is 1. The quantitative estimate of drug-likeness (QED) is 0.0476. The van der Waals surface area contributed by atoms with Crippen molar-refractivity contribution in [2.24, 2.45) is 22.9 Å². The number of hydrogen-bond acceptors (Lipinski definition) is 12. The summed E-state index contributed by atoms with van der Waals surface area (Å²) in [5.41, 5.74) is 2.96. The van der Waals surface area contributed by atoms with Crippen molar-refractivity contribution >= 4 is 27.3 Å². The summed E-state index contributed by atoms with van der Waals surface area (Å²) in [7, 11) is -4.24. The summed E-state index contributed by atoms with van der Waals surface area (Å²) in [4.78, 5) is 20.5. The van der Waals surface area contributed by atoms with Crippen LogP contribution in [0.25, 0.3) is 0 Å². The number of anilines is 1. The Balaban J connectivity index is 1.43. The molecule has 0 bridgehead atoms. The average Bonchev–Trinajstić information content (AvgIpc) is 4.10. The second kappa shape index (κ2) is 21.2. The van der Waals surface area contributed by atoms with Crippen LogP contribution in [0.15, 0.2) is 76.8 Å². The van der Waals surface area contributed by atoms with Gasteiger partial charge in [0.15, 0.2) is 0 Å². The van der Waals surface area contributed by atoms with Gasteiger partial charge in [0.25, 0.3) is 0 Å². The Kier molecular flexibility index (Phi) is 15.8. The zero-order valence-corrected chi connectivity index (χ0v) is 37.2. The standard InChI is InChI=1S/C47H66N4O10S/c1-4-21-51(62(55,56)37-18-15-35(16-19-37)48-33(3)54)43-32-41(49-61-44-14-8-11-28-58-44)39-30-34(12-6-9-25-52)38(13-7-10-26-53)45-40-31-36(57-29-24-50-22-23-50)17-20-42(40)60-47(43,46(39)45)59-27-5-2/h5,15-20,30-31,34,38,43-46,52-53H,2,4,6-14,21-29,32H2,1,3H3,(H,48,54). The van der Waals surface area contributed by atoms with Gasteiger partial charge in [-0.25, -0.2) is 8.42 Å². The van der Waals surface area contributed by atoms with Crippen LogP contribution in [0, 0.1) is 17.8 Å². The van der Waals surface area contributed by atoms with Gasteiger partial charge in [-0.2, -0.15) is 4.31 Å². The number of amides is 1. The Labute approximate surface area is 367 Å². The van der Waals surface area contributed by atoms with Crippen LogP contribution in [0.1, 0.15) is 96.0 Å². The maximum atomic E-state index is 15.2. The number of rotatable bonds is 23. The minimum Gasteiger partial charge on any atom is -0.492 e. The van der Waals surface area contributed by atoms with Gasteiger partial charge in [-0.05, 0) is 105 Å². The predicted octanol–water partition coefficient (Wildman–Crippen LogP) is 6.60. The molecule has 62 heavy (non-hydrogen) atoms. The van der Waals surface area contributed by atoms with Crippen LogP contribution >= 0.6 is 0 Å². The van der Waals surface area contributed by atoms with E-state index in [9.17, 15) is 15.0 Å². The summed E-state index contributed by atoms with van der Waals surface area (Å²) in [6.45, 7) is 11.9. The smallest absolute Gasteiger partial charge is 0.243 e. The maximum absolute atomic E-state index is 15.2. The Morgan fingerprint density at radius 1 is 1.08 bits per heavy atom. The van der Waals surface area contributed by atoms with E-state index in [1.165, 1.54) is 23.4 Å². The van der Waals surface area contributed by atoms with Crippen LogP contribution in [0.4, 0.5) is 5.69 Å². The molecule has 2 aromatic rings. The molecule has 3 heterocycles. The molecule has 5 aliphatic rings. The van der Waals surface area contributed by atoms with Gasteiger partial charge in [0.2, 0.25) is 28.0 Å². The molecule has 0 spiro atoms. The minimum atomic E-state index is -4.24. The van der Waals surface area contributed by atoms with Gasteiger partial charge in [-0.3, -0.25) is 9.69 Å². The number of ether oxygens (including phenoxy) is 4. The molecule has 2 aromatic carbocycles. The summed E-state index contributed by atoms with van der Waals surface area (Å²) < 4.78 is 58.7. The first-order valence-electron chi connectivity index (χ1n) is 22.7. The van der Waals surface area contributed by atoms with Crippen molar-refractivity contribution in [1.82, 2.24) is 9.21 Å². The number of nitrogens with one attached hydrogen (secondary N) is 1. The molecule has 7 rings (SSSR count). The van der Waals surface area contributed by atoms with Crippen molar-refractivity contribution in [1.29, 1.82) is 0 Å². The lowest BCUT2D eigenvalue weighted by molar-refractivity contribution is -0.251. The summed E-state index contributed by atoms with van der Waals surface area (Å²) in [6.07, 6.45) is 11.1. The van der Waals surface area contributed by atoms with E-state index < -0.39 is 34.1 Å². The third-order valence-corrected chi connectivity index (χ3v) is 14.8. The van der Waals surface area contributed by atoms with E-state index in [4.69, 9.17) is 28.9 Å². The molecule has 0 radical (unpaired) electrons. The zero-order chi connectivity index (χ0) is 43.7. The average molecular weight is 879 g/mol. The fourth-order valence-corrected chi connectivity index (χ4v) is 11.7. The highest BCUT2D eigenvalue weighted by molar-refractivity contribution is 7.89. The summed E-state index contributed by atoms with van der Waals surface area (Å²) in [5, 5.41) is 27.5. The molecular weight excluding hydrogens is 813 g/mol. The number of sulfonamides is 1. The van der Waals surface area contributed by atoms with E-state index in [2.05, 4.69) is 28.9 Å². The first-order valence-corrected chi connectivity index (χ1v) is 24.2. The number of aliphatic hydroxyl groups is 2. The van der Waals surface area contributed by atoms with Crippen molar-refractivity contribution in [3.63, 3.8) is 0 Å². The van der Waals surface area contributed by atoms with E-state index in [1.807, 2.05) is 19.1 Å². The zero-order valence-electron chi connectivity index (χ0n) is 36.4. The lowest BCUT2D eigenvalue weighted by Crippen LogP contribution is -2.70. The maximum Gasteiger partial charge on any atom is 0.243 e. The van der Waals surface area contributed by atoms with Crippen LogP contribution in [0.5, 0.6) is 11.5 Å². The number of aliphatic hydroxyl groups excluding tert-OH is 2. The topological polar surface area (TPSA) is 168 Å². The van der Waals surface area contributed by atoms with Gasteiger partial charge in [0.1, 0.15) is 18.1 Å². The Morgan fingerprint density at radius 3 is 2.53 bits per heavy atom. The number of carbonyl (C=O) groups excluding carboxylic acids is 1. The number of hydrogen-bond donors (Lipinski definition) is 3. The summed E-state index contributed by atoms with van der Waals surface area (Å²) >= 11 is 0. The van der Waals surface area contributed by atoms with Crippen LogP contribution in [-0.4, -0.2) is 117 Å². The van der Waals surface area contributed by atoms with Gasteiger partial charge >= 0.3 is 0 Å². The van der Waals surface area contributed by atoms with Gasteiger partial charge in [0, 0.05) is 76.3 Å². The number of nitrogens with zero attached hydrogens (tertiary/aromatic N) is 3. The van der Waals surface area contributed by atoms with Gasteiger partial charge in [0.05, 0.1) is 35.8 Å². The fourth-order valence-electron chi connectivity index (χ4n) is 9.93. The van der Waals surface area contributed by atoms with Gasteiger partial charge in [-0.1, -0.05) is 37.1 Å². The molecule has 3 aliphatic heterocycles. The monoisotopic (exact) mass is 878 g/mol. The number of oxime groups is 1. The van der Waals surface area contributed by atoms with Crippen molar-refractivity contribution in [3.05, 3.63) is 72.3 Å². The first kappa shape index (κ1) is 46.2. The van der Waals surface area contributed by atoms with E-state index in [0.717, 1.165) is 75.0 Å². The number of unbranched alkanes of at least 4 members (excludes halogenated alkanes) is 2. The van der Waals surface area contributed by atoms with Crippen LogP contribution < -0.4 is 14.8 Å². The lowest BCUT2D eigenvalue weighted by atomic mass is 9.55. The Hall–Kier alpha value is -3.83. The molecule has 3 fully saturated rings. The van der Waals surface area contributed by atoms with E-state index in [0.29, 0.717) is 56.0 Å². The van der Waals surface area contributed by atoms with E-state index in [-0.39, 0.29) is 61.3 Å². The highest BCUT2D eigenvalue weighted by atomic mass is 32.2. The third kappa shape index (κ3) is 10.4. The number of fused-ring (bicyclic) bond motifs is 2. The van der Waals surface area contributed by atoms with Crippen LogP contribution in [0.2, 0.25) is 0 Å². The molecule has 2 saturated heterocycles. The molecule has 1 amide bonds. The Morgan fingerprint density at radius 2 is 1.85 bits per heavy atom. The predicted molar refractivity (Wildman–Crippen MR) is 236 cm³/mol. The normalized spacial score (nSPS) is 27.4. The fraction of sp³-hybridized carbons (Fsp3) is 0.617. The second-order valence-corrected chi connectivity index (χ2v) is 19.1. The molecule has 3 N–H and O–H groups in total. The molecule has 7 unspecified atom stereocenters. The van der Waals surface area contributed by atoms with Gasteiger partial charge in [-0.15, -0.1) is 6.58 Å². The first-order chi connectivity index (χ1) is 30.1. The molecule has 2 aliphatic carbocycles. The highest BCUT2D eigenvalue weighted by Crippen LogP contribution is 2.62. The molecule has 7 atom stereocenters. The summed E-state index contributed by atoms with van der Waals surface area (Å²) in [6, 6.07) is 11.2. The largest absolute Gasteiger partial charge is 0.492 e. The molecule has 14 nitrogen and oxygen atoms in total. The van der Waals surface area contributed by atoms with Crippen molar-refractivity contribution in [2.75, 3.05) is 64.5 Å². The minimum absolute atomic E-state index is 0.0244. The Bertz CT molecular complexity index is 2000. The lowest BCUT2D eigenvalue weighted by Gasteiger charge is -2.59. The SMILES string of the molecule is C=CCOC12Oc3ccc(OCCN4CC4)cc3C3C(CCCCO)C(CCCCO)C=C(C(=NOC4CCCCO4)CC1N(CCC)S(=O)(=O)c1ccc(NC(C)=O)cc1)C32.